The van der Waals surface area contributed by atoms with E-state index < -0.39 is 0 Å². The molecule has 1 amide bonds. The third-order valence-corrected chi connectivity index (χ3v) is 4.22. The van der Waals surface area contributed by atoms with Crippen molar-refractivity contribution in [1.29, 1.82) is 0 Å². The molecule has 2 rings (SSSR count). The lowest BCUT2D eigenvalue weighted by molar-refractivity contribution is -0.123. The van der Waals surface area contributed by atoms with Gasteiger partial charge in [-0.2, -0.15) is 5.10 Å². The number of carbonyl (C=O) groups excluding carboxylic acids is 1. The third kappa shape index (κ3) is 6.70. The molecule has 0 bridgehead atoms. The summed E-state index contributed by atoms with van der Waals surface area (Å²) in [5.41, 5.74) is 4.43. The summed E-state index contributed by atoms with van der Waals surface area (Å²) >= 11 is 11.9. The fourth-order valence-electron chi connectivity index (χ4n) is 2.34. The van der Waals surface area contributed by atoms with Gasteiger partial charge in [0.25, 0.3) is 5.91 Å². The predicted molar refractivity (Wildman–Crippen MR) is 107 cm³/mol. The van der Waals surface area contributed by atoms with Crippen LogP contribution in [-0.4, -0.2) is 18.2 Å². The number of benzene rings is 2. The maximum absolute atomic E-state index is 12.0. The van der Waals surface area contributed by atoms with E-state index in [9.17, 15) is 4.79 Å². The van der Waals surface area contributed by atoms with Gasteiger partial charge in [0.05, 0.1) is 10.7 Å². The van der Waals surface area contributed by atoms with Crippen molar-refractivity contribution in [2.75, 3.05) is 6.61 Å². The highest BCUT2D eigenvalue weighted by molar-refractivity contribution is 6.35. The first kappa shape index (κ1) is 20.3. The molecule has 138 valence electrons. The summed E-state index contributed by atoms with van der Waals surface area (Å²) in [6.07, 6.45) is 4.08. The Kier molecular flexibility index (Phi) is 8.45. The second-order valence-electron chi connectivity index (χ2n) is 5.78. The van der Waals surface area contributed by atoms with E-state index in [1.165, 1.54) is 0 Å². The molecule has 0 saturated carbocycles. The van der Waals surface area contributed by atoms with Crippen LogP contribution in [0.5, 0.6) is 5.75 Å². The van der Waals surface area contributed by atoms with Crippen LogP contribution in [0.15, 0.2) is 53.6 Å². The average molecular weight is 393 g/mol. The van der Waals surface area contributed by atoms with Crippen molar-refractivity contribution in [2.45, 2.75) is 32.6 Å². The Hall–Kier alpha value is -2.04. The molecule has 0 atom stereocenters. The van der Waals surface area contributed by atoms with Crippen LogP contribution in [0.3, 0.4) is 0 Å². The van der Waals surface area contributed by atoms with Crippen molar-refractivity contribution in [2.24, 2.45) is 5.10 Å². The zero-order chi connectivity index (χ0) is 18.8. The van der Waals surface area contributed by atoms with E-state index >= 15 is 0 Å². The molecule has 0 heterocycles. The Labute approximate surface area is 164 Å². The number of hydrogen-bond donors (Lipinski definition) is 1. The Morgan fingerprint density at radius 1 is 1.12 bits per heavy atom. The molecule has 0 aliphatic carbocycles. The molecule has 26 heavy (non-hydrogen) atoms. The molecule has 2 aromatic carbocycles. The lowest BCUT2D eigenvalue weighted by Crippen LogP contribution is -2.26. The van der Waals surface area contributed by atoms with E-state index in [2.05, 4.69) is 17.5 Å². The Balaban J connectivity index is 1.95. The van der Waals surface area contributed by atoms with Crippen molar-refractivity contribution >= 4 is 34.8 Å². The highest BCUT2D eigenvalue weighted by Gasteiger charge is 2.08. The maximum Gasteiger partial charge on any atom is 0.277 e. The summed E-state index contributed by atoms with van der Waals surface area (Å²) < 4.78 is 5.42. The molecule has 6 heteroatoms. The summed E-state index contributed by atoms with van der Waals surface area (Å²) in [7, 11) is 0. The van der Waals surface area contributed by atoms with Gasteiger partial charge < -0.3 is 4.74 Å². The molecular formula is C20H22Cl2N2O2. The van der Waals surface area contributed by atoms with E-state index in [-0.39, 0.29) is 12.5 Å². The molecule has 4 nitrogen and oxygen atoms in total. The highest BCUT2D eigenvalue weighted by atomic mass is 35.5. The SMILES string of the molecule is CCCCCC(=NNC(=O)COc1ccc(Cl)cc1Cl)c1ccccc1. The highest BCUT2D eigenvalue weighted by Crippen LogP contribution is 2.27. The maximum atomic E-state index is 12.0. The minimum atomic E-state index is -0.347. The normalized spacial score (nSPS) is 11.3. The molecule has 0 unspecified atom stereocenters. The van der Waals surface area contributed by atoms with Crippen molar-refractivity contribution < 1.29 is 9.53 Å². The zero-order valence-electron chi connectivity index (χ0n) is 14.7. The van der Waals surface area contributed by atoms with E-state index in [4.69, 9.17) is 27.9 Å². The van der Waals surface area contributed by atoms with Crippen molar-refractivity contribution in [1.82, 2.24) is 5.43 Å². The Morgan fingerprint density at radius 2 is 1.88 bits per heavy atom. The number of halogens is 2. The van der Waals surface area contributed by atoms with Crippen LogP contribution < -0.4 is 10.2 Å². The monoisotopic (exact) mass is 392 g/mol. The van der Waals surface area contributed by atoms with E-state index in [1.54, 1.807) is 18.2 Å². The van der Waals surface area contributed by atoms with Crippen molar-refractivity contribution in [3.63, 3.8) is 0 Å². The number of hydrogen-bond acceptors (Lipinski definition) is 3. The van der Waals surface area contributed by atoms with Crippen LogP contribution in [0.2, 0.25) is 10.0 Å². The zero-order valence-corrected chi connectivity index (χ0v) is 16.2. The summed E-state index contributed by atoms with van der Waals surface area (Å²) in [6.45, 7) is 1.97. The summed E-state index contributed by atoms with van der Waals surface area (Å²) in [6, 6.07) is 14.7. The van der Waals surface area contributed by atoms with Gasteiger partial charge in [0.15, 0.2) is 6.61 Å². The summed E-state index contributed by atoms with van der Waals surface area (Å²) in [4.78, 5) is 12.0. The minimum absolute atomic E-state index is 0.179. The Bertz CT molecular complexity index is 749. The third-order valence-electron chi connectivity index (χ3n) is 3.69. The van der Waals surface area contributed by atoms with Crippen LogP contribution in [0.25, 0.3) is 0 Å². The number of unbranched alkanes of at least 4 members (excludes halogenated alkanes) is 2. The topological polar surface area (TPSA) is 50.7 Å². The van der Waals surface area contributed by atoms with Gasteiger partial charge >= 0.3 is 0 Å². The quantitative estimate of drug-likeness (QED) is 0.349. The molecule has 0 aromatic heterocycles. The van der Waals surface area contributed by atoms with Crippen molar-refractivity contribution in [3.05, 3.63) is 64.1 Å². The van der Waals surface area contributed by atoms with Gasteiger partial charge in [-0.05, 0) is 36.6 Å². The van der Waals surface area contributed by atoms with Crippen LogP contribution in [-0.2, 0) is 4.79 Å². The molecule has 1 N–H and O–H groups in total. The smallest absolute Gasteiger partial charge is 0.277 e. The van der Waals surface area contributed by atoms with E-state index in [0.29, 0.717) is 15.8 Å². The van der Waals surface area contributed by atoms with E-state index in [1.807, 2.05) is 30.3 Å². The van der Waals surface area contributed by atoms with Crippen LogP contribution >= 0.6 is 23.2 Å². The summed E-state index contributed by atoms with van der Waals surface area (Å²) in [5, 5.41) is 5.17. The predicted octanol–water partition coefficient (Wildman–Crippen LogP) is 5.47. The van der Waals surface area contributed by atoms with Crippen molar-refractivity contribution in [3.8, 4) is 5.75 Å². The number of ether oxygens (including phenoxy) is 1. The molecular weight excluding hydrogens is 371 g/mol. The average Bonchev–Trinajstić information content (AvgIpc) is 2.64. The lowest BCUT2D eigenvalue weighted by Gasteiger charge is -2.09. The molecule has 0 fully saturated rings. The lowest BCUT2D eigenvalue weighted by atomic mass is 10.0. The largest absolute Gasteiger partial charge is 0.482 e. The number of nitrogens with zero attached hydrogens (tertiary/aromatic N) is 1. The van der Waals surface area contributed by atoms with Gasteiger partial charge in [0, 0.05) is 5.02 Å². The number of nitrogens with one attached hydrogen (secondary N) is 1. The second kappa shape index (κ2) is 10.8. The van der Waals surface area contributed by atoms with Gasteiger partial charge in [-0.1, -0.05) is 73.3 Å². The van der Waals surface area contributed by atoms with Gasteiger partial charge in [0.1, 0.15) is 5.75 Å². The van der Waals surface area contributed by atoms with E-state index in [0.717, 1.165) is 37.0 Å². The van der Waals surface area contributed by atoms with Gasteiger partial charge in [-0.3, -0.25) is 4.79 Å². The molecule has 2 aromatic rings. The van der Waals surface area contributed by atoms with Gasteiger partial charge in [-0.15, -0.1) is 0 Å². The molecule has 0 aliphatic heterocycles. The fraction of sp³-hybridized carbons (Fsp3) is 0.300. The van der Waals surface area contributed by atoms with Crippen LogP contribution in [0, 0.1) is 0 Å². The number of hydrazone groups is 1. The van der Waals surface area contributed by atoms with Crippen LogP contribution in [0.1, 0.15) is 38.2 Å². The summed E-state index contributed by atoms with van der Waals surface area (Å²) in [5.74, 6) is 0.0568. The first-order valence-electron chi connectivity index (χ1n) is 8.59. The van der Waals surface area contributed by atoms with Crippen LogP contribution in [0.4, 0.5) is 0 Å². The molecule has 0 spiro atoms. The first-order valence-corrected chi connectivity index (χ1v) is 9.34. The number of amides is 1. The molecule has 0 aliphatic rings. The molecule has 0 saturated heterocycles. The number of rotatable bonds is 9. The first-order chi connectivity index (χ1) is 12.6. The fourth-order valence-corrected chi connectivity index (χ4v) is 2.80. The van der Waals surface area contributed by atoms with Gasteiger partial charge in [-0.25, -0.2) is 5.43 Å². The Morgan fingerprint density at radius 3 is 2.58 bits per heavy atom. The second-order valence-corrected chi connectivity index (χ2v) is 6.62. The van der Waals surface area contributed by atoms with Gasteiger partial charge in [0.2, 0.25) is 0 Å². The number of carbonyl (C=O) groups is 1. The molecule has 0 radical (unpaired) electrons. The minimum Gasteiger partial charge on any atom is -0.482 e. The standard InChI is InChI=1S/C20H22Cl2N2O2/c1-2-3-5-10-18(15-8-6-4-7-9-15)23-24-20(25)14-26-19-12-11-16(21)13-17(19)22/h4,6-9,11-13H,2-3,5,10,14H2,1H3,(H,24,25).